The summed E-state index contributed by atoms with van der Waals surface area (Å²) in [6, 6.07) is 16.1. The third-order valence-corrected chi connectivity index (χ3v) is 6.14. The lowest BCUT2D eigenvalue weighted by molar-refractivity contribution is -0.137. The molecule has 5 aromatic heterocycles. The summed E-state index contributed by atoms with van der Waals surface area (Å²) in [7, 11) is 0. The van der Waals surface area contributed by atoms with Crippen LogP contribution in [0.4, 0.5) is 24.7 Å². The Morgan fingerprint density at radius 2 is 1.36 bits per heavy atom. The van der Waals surface area contributed by atoms with Crippen LogP contribution in [-0.4, -0.2) is 29.9 Å². The van der Waals surface area contributed by atoms with Crippen molar-refractivity contribution in [3.8, 4) is 11.3 Å². The molecular formula is C28H19BrF3N7. The maximum atomic E-state index is 12.7. The maximum absolute atomic E-state index is 12.7. The molecule has 0 unspecified atom stereocenters. The number of benzene rings is 1. The molecule has 0 spiro atoms. The Kier molecular flexibility index (Phi) is 7.42. The van der Waals surface area contributed by atoms with Gasteiger partial charge in [-0.2, -0.15) is 13.2 Å². The molecule has 6 aromatic rings. The molecule has 0 fully saturated rings. The number of rotatable bonds is 3. The van der Waals surface area contributed by atoms with Crippen molar-refractivity contribution in [3.05, 3.63) is 107 Å². The highest BCUT2D eigenvalue weighted by molar-refractivity contribution is 9.10. The minimum atomic E-state index is -4.37. The van der Waals surface area contributed by atoms with Crippen LogP contribution in [0.5, 0.6) is 0 Å². The van der Waals surface area contributed by atoms with E-state index in [0.717, 1.165) is 49.8 Å². The Labute approximate surface area is 229 Å². The Hall–Kier alpha value is -4.51. The third kappa shape index (κ3) is 6.15. The van der Waals surface area contributed by atoms with Crippen molar-refractivity contribution in [2.24, 2.45) is 0 Å². The second kappa shape index (κ2) is 11.1. The van der Waals surface area contributed by atoms with Gasteiger partial charge in [0.05, 0.1) is 33.3 Å². The zero-order chi connectivity index (χ0) is 27.4. The van der Waals surface area contributed by atoms with Gasteiger partial charge >= 0.3 is 6.18 Å². The second-order valence-corrected chi connectivity index (χ2v) is 9.27. The molecule has 6 rings (SSSR count). The predicted octanol–water partition coefficient (Wildman–Crippen LogP) is 7.55. The number of aromatic nitrogens is 6. The molecule has 194 valence electrons. The first-order chi connectivity index (χ1) is 18.8. The van der Waals surface area contributed by atoms with Crippen molar-refractivity contribution in [1.82, 2.24) is 29.9 Å². The number of alkyl halides is 3. The van der Waals surface area contributed by atoms with E-state index in [1.807, 2.05) is 43.3 Å². The Bertz CT molecular complexity index is 1760. The van der Waals surface area contributed by atoms with E-state index >= 15 is 0 Å². The van der Waals surface area contributed by atoms with Gasteiger partial charge in [0, 0.05) is 46.1 Å². The van der Waals surface area contributed by atoms with Gasteiger partial charge in [0.15, 0.2) is 0 Å². The molecule has 1 aromatic carbocycles. The largest absolute Gasteiger partial charge is 0.416 e. The van der Waals surface area contributed by atoms with Gasteiger partial charge in [-0.05, 0) is 83.5 Å². The predicted molar refractivity (Wildman–Crippen MR) is 147 cm³/mol. The van der Waals surface area contributed by atoms with E-state index in [2.05, 4.69) is 51.2 Å². The van der Waals surface area contributed by atoms with Crippen LogP contribution in [0.2, 0.25) is 0 Å². The summed E-state index contributed by atoms with van der Waals surface area (Å²) in [5.41, 5.74) is 5.37. The number of pyridine rings is 4. The Morgan fingerprint density at radius 1 is 0.718 bits per heavy atom. The molecule has 0 atom stereocenters. The van der Waals surface area contributed by atoms with Crippen molar-refractivity contribution >= 4 is 49.5 Å². The first-order valence-electron chi connectivity index (χ1n) is 11.6. The molecule has 0 radical (unpaired) electrons. The van der Waals surface area contributed by atoms with E-state index in [4.69, 9.17) is 0 Å². The zero-order valence-corrected chi connectivity index (χ0v) is 21.9. The third-order valence-electron chi connectivity index (χ3n) is 5.70. The molecule has 0 saturated heterocycles. The van der Waals surface area contributed by atoms with E-state index < -0.39 is 11.7 Å². The molecule has 0 aliphatic rings. The molecule has 39 heavy (non-hydrogen) atoms. The second-order valence-electron chi connectivity index (χ2n) is 8.36. The summed E-state index contributed by atoms with van der Waals surface area (Å²) in [4.78, 5) is 25.6. The summed E-state index contributed by atoms with van der Waals surface area (Å²) in [5.74, 6) is 0.505. The summed E-state index contributed by atoms with van der Waals surface area (Å²) in [6.45, 7) is 1.84. The van der Waals surface area contributed by atoms with E-state index in [1.165, 1.54) is 18.5 Å². The number of nitrogens with one attached hydrogen (secondary N) is 1. The van der Waals surface area contributed by atoms with E-state index in [9.17, 15) is 13.2 Å². The minimum absolute atomic E-state index is 0.499. The molecular weight excluding hydrogens is 571 g/mol. The lowest BCUT2D eigenvalue weighted by atomic mass is 10.1. The summed E-state index contributed by atoms with van der Waals surface area (Å²) >= 11 is 3.33. The van der Waals surface area contributed by atoms with Gasteiger partial charge in [-0.15, -0.1) is 0 Å². The van der Waals surface area contributed by atoms with Gasteiger partial charge < -0.3 is 5.32 Å². The van der Waals surface area contributed by atoms with Crippen molar-refractivity contribution in [2.45, 2.75) is 13.1 Å². The van der Waals surface area contributed by atoms with Crippen LogP contribution in [-0.2, 0) is 6.18 Å². The lowest BCUT2D eigenvalue weighted by Gasteiger charge is -2.13. The highest BCUT2D eigenvalue weighted by Crippen LogP contribution is 2.31. The number of hydrogen-bond donors (Lipinski definition) is 1. The fraction of sp³-hybridized carbons (Fsp3) is 0.0714. The van der Waals surface area contributed by atoms with Crippen LogP contribution in [0.3, 0.4) is 0 Å². The molecule has 0 aliphatic heterocycles. The van der Waals surface area contributed by atoms with Gasteiger partial charge in [0.1, 0.15) is 12.1 Å². The molecule has 0 amide bonds. The number of hydrogen-bond acceptors (Lipinski definition) is 7. The van der Waals surface area contributed by atoms with Gasteiger partial charge in [-0.1, -0.05) is 0 Å². The lowest BCUT2D eigenvalue weighted by Crippen LogP contribution is -2.05. The normalized spacial score (nSPS) is 11.2. The quantitative estimate of drug-likeness (QED) is 0.228. The molecule has 7 nitrogen and oxygen atoms in total. The average Bonchev–Trinajstić information content (AvgIpc) is 2.94. The van der Waals surface area contributed by atoms with E-state index in [0.29, 0.717) is 17.2 Å². The topological polar surface area (TPSA) is 89.4 Å². The van der Waals surface area contributed by atoms with Crippen molar-refractivity contribution in [1.29, 1.82) is 0 Å². The average molecular weight is 590 g/mol. The summed E-state index contributed by atoms with van der Waals surface area (Å²) in [6.07, 6.45) is 3.96. The van der Waals surface area contributed by atoms with Gasteiger partial charge in [0.2, 0.25) is 0 Å². The van der Waals surface area contributed by atoms with Crippen molar-refractivity contribution < 1.29 is 13.2 Å². The molecule has 1 N–H and O–H groups in total. The number of halogens is 4. The first-order valence-corrected chi connectivity index (χ1v) is 12.4. The van der Waals surface area contributed by atoms with Crippen LogP contribution in [0.1, 0.15) is 11.1 Å². The molecule has 5 heterocycles. The SMILES string of the molecule is Brc1cnc2cccnc2c1.Cc1c(Nc2ccc(C(F)(F)F)cc2)ncnc1-c1cnc2cccnc2c1. The Balaban J connectivity index is 0.000000233. The number of nitrogens with zero attached hydrogens (tertiary/aromatic N) is 6. The first kappa shape index (κ1) is 26.1. The number of fused-ring (bicyclic) bond motifs is 2. The van der Waals surface area contributed by atoms with Crippen LogP contribution in [0.15, 0.2) is 96.3 Å². The minimum Gasteiger partial charge on any atom is -0.340 e. The van der Waals surface area contributed by atoms with Crippen LogP contribution in [0.25, 0.3) is 33.3 Å². The zero-order valence-electron chi connectivity index (χ0n) is 20.4. The highest BCUT2D eigenvalue weighted by atomic mass is 79.9. The number of anilines is 2. The van der Waals surface area contributed by atoms with Crippen LogP contribution >= 0.6 is 15.9 Å². The Morgan fingerprint density at radius 3 is 2.03 bits per heavy atom. The van der Waals surface area contributed by atoms with Gasteiger partial charge in [0.25, 0.3) is 0 Å². The summed E-state index contributed by atoms with van der Waals surface area (Å²) in [5, 5.41) is 3.04. The van der Waals surface area contributed by atoms with Crippen molar-refractivity contribution in [2.75, 3.05) is 5.32 Å². The van der Waals surface area contributed by atoms with Crippen LogP contribution in [0, 0.1) is 6.92 Å². The molecule has 11 heteroatoms. The molecule has 0 saturated carbocycles. The molecule has 0 bridgehead atoms. The standard InChI is InChI=1S/C20H14F3N5.C8H5BrN2/c1-12-18(13-9-17-16(25-10-13)3-2-8-24-17)26-11-27-19(12)28-15-6-4-14(5-7-15)20(21,22)23;9-6-4-8-7(11-5-6)2-1-3-10-8/h2-11H,1H3,(H,26,27,28);1-5H. The van der Waals surface area contributed by atoms with Gasteiger partial charge in [-0.25, -0.2) is 9.97 Å². The van der Waals surface area contributed by atoms with Crippen LogP contribution < -0.4 is 5.32 Å². The monoisotopic (exact) mass is 589 g/mol. The maximum Gasteiger partial charge on any atom is 0.416 e. The van der Waals surface area contributed by atoms with E-state index in [-0.39, 0.29) is 0 Å². The summed E-state index contributed by atoms with van der Waals surface area (Å²) < 4.78 is 39.1. The molecule has 0 aliphatic carbocycles. The van der Waals surface area contributed by atoms with E-state index in [1.54, 1.807) is 24.8 Å². The smallest absolute Gasteiger partial charge is 0.340 e. The van der Waals surface area contributed by atoms with Crippen molar-refractivity contribution in [3.63, 3.8) is 0 Å². The fourth-order valence-electron chi connectivity index (χ4n) is 3.76. The fourth-order valence-corrected chi connectivity index (χ4v) is 4.08. The van der Waals surface area contributed by atoms with Gasteiger partial charge in [-0.3, -0.25) is 19.9 Å². The highest BCUT2D eigenvalue weighted by Gasteiger charge is 2.30.